The molecule has 0 saturated carbocycles. The van der Waals surface area contributed by atoms with Crippen LogP contribution in [0.3, 0.4) is 0 Å². The maximum Gasteiger partial charge on any atom is 0.234 e. The number of pyridine rings is 1. The number of carbonyl (C=O) groups excluding carboxylic acids is 1. The summed E-state index contributed by atoms with van der Waals surface area (Å²) in [6, 6.07) is 3.31. The Balaban J connectivity index is 2.66. The summed E-state index contributed by atoms with van der Waals surface area (Å²) in [5.41, 5.74) is 6.84. The van der Waals surface area contributed by atoms with Gasteiger partial charge in [-0.25, -0.2) is 0 Å². The largest absolute Gasteiger partial charge is 0.497 e. The van der Waals surface area contributed by atoms with E-state index in [9.17, 15) is 4.79 Å². The first-order valence-electron chi connectivity index (χ1n) is 5.07. The van der Waals surface area contributed by atoms with E-state index in [4.69, 9.17) is 10.5 Å². The van der Waals surface area contributed by atoms with Crippen LogP contribution in [-0.4, -0.2) is 24.0 Å². The summed E-state index contributed by atoms with van der Waals surface area (Å²) in [6.07, 6.45) is 0. The number of carbonyl (C=O) groups is 1. The van der Waals surface area contributed by atoms with Gasteiger partial charge in [0.1, 0.15) is 5.75 Å². The van der Waals surface area contributed by atoms with Gasteiger partial charge in [-0.3, -0.25) is 9.78 Å². The lowest BCUT2D eigenvalue weighted by Crippen LogP contribution is -2.38. The van der Waals surface area contributed by atoms with E-state index in [0.717, 1.165) is 17.1 Å². The zero-order valence-electron chi connectivity index (χ0n) is 9.78. The van der Waals surface area contributed by atoms with Crippen molar-refractivity contribution in [3.8, 4) is 5.75 Å². The fourth-order valence-electron chi connectivity index (χ4n) is 1.27. The smallest absolute Gasteiger partial charge is 0.234 e. The number of hydrogen-bond donors (Lipinski definition) is 2. The third-order valence-corrected chi connectivity index (χ3v) is 2.23. The van der Waals surface area contributed by atoms with Gasteiger partial charge < -0.3 is 15.8 Å². The van der Waals surface area contributed by atoms with Crippen LogP contribution in [0, 0.1) is 6.92 Å². The van der Waals surface area contributed by atoms with Crippen molar-refractivity contribution in [1.29, 1.82) is 0 Å². The number of primary amides is 1. The molecule has 1 amide bonds. The molecule has 1 aromatic rings. The summed E-state index contributed by atoms with van der Waals surface area (Å²) in [5.74, 6) is 0.385. The Kier molecular flexibility index (Phi) is 4.25. The van der Waals surface area contributed by atoms with E-state index in [-0.39, 0.29) is 11.9 Å². The molecule has 0 unspecified atom stereocenters. The van der Waals surface area contributed by atoms with Gasteiger partial charge in [0.15, 0.2) is 0 Å². The van der Waals surface area contributed by atoms with Gasteiger partial charge in [-0.05, 0) is 13.8 Å². The summed E-state index contributed by atoms with van der Waals surface area (Å²) in [5, 5.41) is 2.98. The van der Waals surface area contributed by atoms with Crippen LogP contribution in [0.2, 0.25) is 0 Å². The summed E-state index contributed by atoms with van der Waals surface area (Å²) >= 11 is 0. The van der Waals surface area contributed by atoms with Crippen LogP contribution in [0.25, 0.3) is 0 Å². The molecule has 0 saturated heterocycles. The molecule has 88 valence electrons. The predicted molar refractivity (Wildman–Crippen MR) is 61.0 cm³/mol. The molecule has 0 fully saturated rings. The average molecular weight is 223 g/mol. The number of nitrogens with zero attached hydrogens (tertiary/aromatic N) is 1. The molecule has 3 N–H and O–H groups in total. The maximum absolute atomic E-state index is 10.8. The minimum Gasteiger partial charge on any atom is -0.497 e. The van der Waals surface area contributed by atoms with Crippen LogP contribution in [0.1, 0.15) is 18.3 Å². The topological polar surface area (TPSA) is 77.2 Å². The second-order valence-corrected chi connectivity index (χ2v) is 3.64. The normalized spacial score (nSPS) is 12.2. The Morgan fingerprint density at radius 2 is 2.31 bits per heavy atom. The number of aryl methyl sites for hydroxylation is 1. The lowest BCUT2D eigenvalue weighted by molar-refractivity contribution is -0.119. The first-order chi connectivity index (χ1) is 7.52. The first kappa shape index (κ1) is 12.4. The third kappa shape index (κ3) is 3.51. The molecule has 0 aromatic carbocycles. The highest BCUT2D eigenvalue weighted by Gasteiger charge is 2.08. The van der Waals surface area contributed by atoms with Gasteiger partial charge >= 0.3 is 0 Å². The predicted octanol–water partition coefficient (Wildman–Crippen LogP) is 0.362. The second kappa shape index (κ2) is 5.46. The fraction of sp³-hybridized carbons (Fsp3) is 0.455. The maximum atomic E-state index is 10.8. The highest BCUT2D eigenvalue weighted by molar-refractivity contribution is 5.79. The Morgan fingerprint density at radius 1 is 1.62 bits per heavy atom. The standard InChI is InChI=1S/C11H17N3O2/c1-7-4-10(16-3)5-9(14-7)6-13-8(2)11(12)15/h4-5,8,13H,6H2,1-3H3,(H2,12,15)/t8-/m0/s1. The molecule has 0 aliphatic heterocycles. The van der Waals surface area contributed by atoms with Crippen LogP contribution < -0.4 is 15.8 Å². The van der Waals surface area contributed by atoms with Crippen molar-refractivity contribution >= 4 is 5.91 Å². The van der Waals surface area contributed by atoms with E-state index >= 15 is 0 Å². The molecule has 1 rings (SSSR count). The van der Waals surface area contributed by atoms with Crippen molar-refractivity contribution in [3.63, 3.8) is 0 Å². The molecule has 0 radical (unpaired) electrons. The van der Waals surface area contributed by atoms with Gasteiger partial charge in [-0.2, -0.15) is 0 Å². The fourth-order valence-corrected chi connectivity index (χ4v) is 1.27. The van der Waals surface area contributed by atoms with Crippen LogP contribution in [0.15, 0.2) is 12.1 Å². The van der Waals surface area contributed by atoms with Crippen molar-refractivity contribution in [2.24, 2.45) is 5.73 Å². The van der Waals surface area contributed by atoms with E-state index in [1.807, 2.05) is 19.1 Å². The van der Waals surface area contributed by atoms with E-state index in [0.29, 0.717) is 6.54 Å². The molecule has 1 aromatic heterocycles. The van der Waals surface area contributed by atoms with Crippen molar-refractivity contribution in [2.75, 3.05) is 7.11 Å². The van der Waals surface area contributed by atoms with E-state index < -0.39 is 0 Å². The van der Waals surface area contributed by atoms with Crippen LogP contribution in [0.4, 0.5) is 0 Å². The number of amides is 1. The molecule has 0 bridgehead atoms. The molecule has 0 aliphatic carbocycles. The van der Waals surface area contributed by atoms with Gasteiger partial charge in [0.05, 0.1) is 18.8 Å². The van der Waals surface area contributed by atoms with Crippen molar-refractivity contribution in [2.45, 2.75) is 26.4 Å². The third-order valence-electron chi connectivity index (χ3n) is 2.23. The second-order valence-electron chi connectivity index (χ2n) is 3.64. The van der Waals surface area contributed by atoms with Gasteiger partial charge in [-0.1, -0.05) is 0 Å². The monoisotopic (exact) mass is 223 g/mol. The zero-order valence-corrected chi connectivity index (χ0v) is 9.78. The average Bonchev–Trinajstić information content (AvgIpc) is 2.24. The Hall–Kier alpha value is -1.62. The number of hydrogen-bond acceptors (Lipinski definition) is 4. The number of ether oxygens (including phenoxy) is 1. The zero-order chi connectivity index (χ0) is 12.1. The minimum absolute atomic E-state index is 0.367. The summed E-state index contributed by atoms with van der Waals surface area (Å²) in [6.45, 7) is 4.10. The van der Waals surface area contributed by atoms with Crippen LogP contribution in [0.5, 0.6) is 5.75 Å². The molecule has 5 heteroatoms. The molecule has 16 heavy (non-hydrogen) atoms. The molecular formula is C11H17N3O2. The van der Waals surface area contributed by atoms with Gasteiger partial charge in [-0.15, -0.1) is 0 Å². The summed E-state index contributed by atoms with van der Waals surface area (Å²) in [7, 11) is 1.61. The van der Waals surface area contributed by atoms with Crippen molar-refractivity contribution in [1.82, 2.24) is 10.3 Å². The SMILES string of the molecule is COc1cc(C)nc(CN[C@@H](C)C(N)=O)c1. The van der Waals surface area contributed by atoms with Gasteiger partial charge in [0.25, 0.3) is 0 Å². The Bertz CT molecular complexity index is 379. The lowest BCUT2D eigenvalue weighted by atomic mass is 10.2. The summed E-state index contributed by atoms with van der Waals surface area (Å²) in [4.78, 5) is 15.1. The molecule has 5 nitrogen and oxygen atoms in total. The molecule has 0 aliphatic rings. The number of nitrogens with two attached hydrogens (primary N) is 1. The molecule has 1 atom stereocenters. The summed E-state index contributed by atoms with van der Waals surface area (Å²) < 4.78 is 5.13. The quantitative estimate of drug-likeness (QED) is 0.755. The van der Waals surface area contributed by atoms with Crippen LogP contribution in [-0.2, 0) is 11.3 Å². The highest BCUT2D eigenvalue weighted by Crippen LogP contribution is 2.13. The number of rotatable bonds is 5. The van der Waals surface area contributed by atoms with Gasteiger partial charge in [0.2, 0.25) is 5.91 Å². The Labute approximate surface area is 95.0 Å². The lowest BCUT2D eigenvalue weighted by Gasteiger charge is -2.10. The van der Waals surface area contributed by atoms with E-state index in [2.05, 4.69) is 10.3 Å². The minimum atomic E-state index is -0.375. The molecular weight excluding hydrogens is 206 g/mol. The molecule has 1 heterocycles. The number of methoxy groups -OCH3 is 1. The van der Waals surface area contributed by atoms with E-state index in [1.54, 1.807) is 14.0 Å². The number of aromatic nitrogens is 1. The van der Waals surface area contributed by atoms with E-state index in [1.165, 1.54) is 0 Å². The highest BCUT2D eigenvalue weighted by atomic mass is 16.5. The number of nitrogens with one attached hydrogen (secondary N) is 1. The molecule has 0 spiro atoms. The first-order valence-corrected chi connectivity index (χ1v) is 5.07. The van der Waals surface area contributed by atoms with Crippen LogP contribution >= 0.6 is 0 Å². The Morgan fingerprint density at radius 3 is 2.88 bits per heavy atom. The van der Waals surface area contributed by atoms with Crippen molar-refractivity contribution < 1.29 is 9.53 Å². The van der Waals surface area contributed by atoms with Gasteiger partial charge in [0, 0.05) is 24.4 Å². The van der Waals surface area contributed by atoms with Crippen molar-refractivity contribution in [3.05, 3.63) is 23.5 Å².